The molecule has 0 bridgehead atoms. The van der Waals surface area contributed by atoms with Crippen LogP contribution in [0.3, 0.4) is 0 Å². The van der Waals surface area contributed by atoms with E-state index >= 15 is 0 Å². The van der Waals surface area contributed by atoms with Crippen molar-refractivity contribution in [2.75, 3.05) is 43.9 Å². The van der Waals surface area contributed by atoms with E-state index in [1.165, 1.54) is 17.2 Å². The van der Waals surface area contributed by atoms with Crippen LogP contribution in [0.15, 0.2) is 72.2 Å². The van der Waals surface area contributed by atoms with Crippen molar-refractivity contribution in [3.63, 3.8) is 0 Å². The fourth-order valence-electron chi connectivity index (χ4n) is 6.04. The van der Waals surface area contributed by atoms with E-state index in [1.54, 1.807) is 55.5 Å². The minimum atomic E-state index is -4.90. The molecule has 1 unspecified atom stereocenters. The number of aromatic nitrogens is 3. The van der Waals surface area contributed by atoms with Crippen molar-refractivity contribution < 1.29 is 27.2 Å². The lowest BCUT2D eigenvalue weighted by atomic mass is 9.93. The van der Waals surface area contributed by atoms with E-state index in [0.29, 0.717) is 29.8 Å². The average Bonchev–Trinajstić information content (AvgIpc) is 3.45. The molecule has 0 saturated carbocycles. The van der Waals surface area contributed by atoms with E-state index in [0.717, 1.165) is 55.4 Å². The molecular weight excluding hydrogens is 602 g/mol. The molecule has 2 amide bonds. The number of allylic oxidation sites excluding steroid dienone is 1. The average molecular weight is 636 g/mol. The van der Waals surface area contributed by atoms with Gasteiger partial charge in [-0.15, -0.1) is 0 Å². The third-order valence-electron chi connectivity index (χ3n) is 8.50. The third-order valence-corrected chi connectivity index (χ3v) is 8.50. The van der Waals surface area contributed by atoms with Crippen molar-refractivity contribution in [2.45, 2.75) is 38.4 Å². The lowest BCUT2D eigenvalue weighted by Gasteiger charge is -2.30. The Morgan fingerprint density at radius 1 is 1.04 bits per heavy atom. The van der Waals surface area contributed by atoms with Crippen molar-refractivity contribution in [1.82, 2.24) is 24.6 Å². The van der Waals surface area contributed by atoms with Crippen LogP contribution >= 0.6 is 0 Å². The van der Waals surface area contributed by atoms with Crippen LogP contribution < -0.4 is 10.6 Å². The molecule has 2 aliphatic heterocycles. The third kappa shape index (κ3) is 6.32. The standard InChI is InChI=1S/C33H33F4N7O2/c1-20-29(31(45)40-24-8-6-23-19-38-11-10-21(23)16-24)30(22-7-9-25(26(34)17-22)33(35,36)37)44-28(39-20)18-27(41-44)32(46)42(2)14-15-43-12-4-3-5-13-43/h6-11,16-19,30,39H,3-5,12-15H2,1-2H3,(H,40,45). The summed E-state index contributed by atoms with van der Waals surface area (Å²) in [5, 5.41) is 12.2. The van der Waals surface area contributed by atoms with E-state index in [1.807, 2.05) is 0 Å². The number of likely N-dealkylation sites (N-methyl/N-ethyl adjacent to an activating group) is 1. The SMILES string of the molecule is CC1=C(C(=O)Nc2ccc3cnccc3c2)C(c2ccc(C(F)(F)F)c(F)c2)n2nc(C(=O)N(C)CCN3CCCCC3)cc2N1. The number of anilines is 2. The highest BCUT2D eigenvalue weighted by Crippen LogP contribution is 2.39. The molecule has 4 aromatic rings. The Morgan fingerprint density at radius 2 is 1.83 bits per heavy atom. The van der Waals surface area contributed by atoms with Gasteiger partial charge in [-0.1, -0.05) is 18.6 Å². The highest BCUT2D eigenvalue weighted by Gasteiger charge is 2.38. The van der Waals surface area contributed by atoms with E-state index in [9.17, 15) is 27.2 Å². The van der Waals surface area contributed by atoms with Gasteiger partial charge in [0.25, 0.3) is 11.8 Å². The highest BCUT2D eigenvalue weighted by atomic mass is 19.4. The summed E-state index contributed by atoms with van der Waals surface area (Å²) < 4.78 is 56.6. The van der Waals surface area contributed by atoms with Gasteiger partial charge < -0.3 is 20.4 Å². The summed E-state index contributed by atoms with van der Waals surface area (Å²) in [6.45, 7) is 4.81. The number of rotatable bonds is 7. The number of hydrogen-bond donors (Lipinski definition) is 2. The van der Waals surface area contributed by atoms with Gasteiger partial charge in [0.05, 0.1) is 11.1 Å². The van der Waals surface area contributed by atoms with Gasteiger partial charge in [0, 0.05) is 55.4 Å². The van der Waals surface area contributed by atoms with Gasteiger partial charge in [-0.3, -0.25) is 14.6 Å². The maximum atomic E-state index is 14.9. The Kier molecular flexibility index (Phi) is 8.51. The molecule has 1 atom stereocenters. The van der Waals surface area contributed by atoms with Crippen LogP contribution in [0.25, 0.3) is 10.8 Å². The predicted octanol–water partition coefficient (Wildman–Crippen LogP) is 6.07. The number of nitrogens with one attached hydrogen (secondary N) is 2. The summed E-state index contributed by atoms with van der Waals surface area (Å²) in [6.07, 6.45) is 1.88. The van der Waals surface area contributed by atoms with Crippen molar-refractivity contribution in [1.29, 1.82) is 0 Å². The number of piperidine rings is 1. The van der Waals surface area contributed by atoms with E-state index in [4.69, 9.17) is 0 Å². The Balaban J connectivity index is 1.33. The number of alkyl halides is 3. The minimum Gasteiger partial charge on any atom is -0.344 e. The molecule has 2 N–H and O–H groups in total. The molecule has 6 rings (SSSR count). The Morgan fingerprint density at radius 3 is 2.57 bits per heavy atom. The Labute approximate surface area is 262 Å². The number of benzene rings is 2. The molecule has 9 nitrogen and oxygen atoms in total. The molecule has 240 valence electrons. The largest absolute Gasteiger partial charge is 0.419 e. The Hall–Kier alpha value is -4.78. The molecule has 46 heavy (non-hydrogen) atoms. The van der Waals surface area contributed by atoms with Gasteiger partial charge in [-0.25, -0.2) is 9.07 Å². The van der Waals surface area contributed by atoms with Crippen molar-refractivity contribution in [3.05, 3.63) is 94.8 Å². The van der Waals surface area contributed by atoms with Crippen molar-refractivity contribution >= 4 is 34.1 Å². The van der Waals surface area contributed by atoms with Crippen LogP contribution in [0.1, 0.15) is 53.8 Å². The number of carbonyl (C=O) groups is 2. The van der Waals surface area contributed by atoms with E-state index in [-0.39, 0.29) is 22.7 Å². The molecule has 4 heterocycles. The number of amides is 2. The normalized spacial score (nSPS) is 17.0. The van der Waals surface area contributed by atoms with Gasteiger partial charge >= 0.3 is 6.18 Å². The minimum absolute atomic E-state index is 0.0582. The van der Waals surface area contributed by atoms with E-state index < -0.39 is 29.5 Å². The highest BCUT2D eigenvalue weighted by molar-refractivity contribution is 6.07. The molecule has 13 heteroatoms. The van der Waals surface area contributed by atoms with Crippen LogP contribution in [-0.4, -0.2) is 69.6 Å². The number of fused-ring (bicyclic) bond motifs is 2. The van der Waals surface area contributed by atoms with E-state index in [2.05, 4.69) is 25.6 Å². The number of likely N-dealkylation sites (tertiary alicyclic amines) is 1. The first kappa shape index (κ1) is 31.2. The lowest BCUT2D eigenvalue weighted by Crippen LogP contribution is -2.38. The van der Waals surface area contributed by atoms with Crippen molar-refractivity contribution in [3.8, 4) is 0 Å². The number of nitrogens with zero attached hydrogens (tertiary/aromatic N) is 5. The molecular formula is C33H33F4N7O2. The fourth-order valence-corrected chi connectivity index (χ4v) is 6.04. The van der Waals surface area contributed by atoms with Gasteiger partial charge in [0.15, 0.2) is 5.69 Å². The fraction of sp³-hybridized carbons (Fsp3) is 0.333. The van der Waals surface area contributed by atoms with Crippen LogP contribution in [0.5, 0.6) is 0 Å². The van der Waals surface area contributed by atoms with Crippen LogP contribution in [0.2, 0.25) is 0 Å². The molecule has 1 fully saturated rings. The number of halogens is 4. The second kappa shape index (κ2) is 12.5. The van der Waals surface area contributed by atoms with Crippen molar-refractivity contribution in [2.24, 2.45) is 0 Å². The topological polar surface area (TPSA) is 95.4 Å². The number of carbonyl (C=O) groups excluding carboxylic acids is 2. The maximum absolute atomic E-state index is 14.9. The molecule has 0 spiro atoms. The first-order valence-electron chi connectivity index (χ1n) is 15.1. The smallest absolute Gasteiger partial charge is 0.344 e. The first-order chi connectivity index (χ1) is 22.0. The summed E-state index contributed by atoms with van der Waals surface area (Å²) in [5.41, 5.74) is -0.338. The number of pyridine rings is 1. The van der Waals surface area contributed by atoms with Crippen LogP contribution in [0, 0.1) is 5.82 Å². The predicted molar refractivity (Wildman–Crippen MR) is 166 cm³/mol. The number of hydrogen-bond acceptors (Lipinski definition) is 6. The molecule has 1 saturated heterocycles. The zero-order chi connectivity index (χ0) is 32.6. The van der Waals surface area contributed by atoms with Gasteiger partial charge in [-0.2, -0.15) is 18.3 Å². The van der Waals surface area contributed by atoms with Crippen LogP contribution in [0.4, 0.5) is 29.1 Å². The van der Waals surface area contributed by atoms with Gasteiger partial charge in [-0.05, 0) is 74.1 Å². The van der Waals surface area contributed by atoms with Gasteiger partial charge in [0.2, 0.25) is 0 Å². The zero-order valence-corrected chi connectivity index (χ0v) is 25.4. The van der Waals surface area contributed by atoms with Gasteiger partial charge in [0.1, 0.15) is 17.7 Å². The second-order valence-electron chi connectivity index (χ2n) is 11.7. The molecule has 0 aliphatic carbocycles. The Bertz CT molecular complexity index is 1830. The molecule has 2 aliphatic rings. The zero-order valence-electron chi connectivity index (χ0n) is 25.4. The lowest BCUT2D eigenvalue weighted by molar-refractivity contribution is -0.140. The first-order valence-corrected chi connectivity index (χ1v) is 15.1. The summed E-state index contributed by atoms with van der Waals surface area (Å²) >= 11 is 0. The maximum Gasteiger partial charge on any atom is 0.419 e. The quantitative estimate of drug-likeness (QED) is 0.239. The molecule has 0 radical (unpaired) electrons. The summed E-state index contributed by atoms with van der Waals surface area (Å²) in [6, 6.07) is 10.00. The monoisotopic (exact) mass is 635 g/mol. The summed E-state index contributed by atoms with van der Waals surface area (Å²) in [4.78, 5) is 35.3. The summed E-state index contributed by atoms with van der Waals surface area (Å²) in [7, 11) is 1.68. The molecule has 2 aromatic carbocycles. The second-order valence-corrected chi connectivity index (χ2v) is 11.7. The van der Waals surface area contributed by atoms with Crippen LogP contribution in [-0.2, 0) is 11.0 Å². The summed E-state index contributed by atoms with van der Waals surface area (Å²) in [5.74, 6) is -2.07. The molecule has 2 aromatic heterocycles.